The largest absolute Gasteiger partial charge is 0.530 e. The van der Waals surface area contributed by atoms with Crippen molar-refractivity contribution in [1.29, 1.82) is 0 Å². The van der Waals surface area contributed by atoms with Crippen LogP contribution in [0.1, 0.15) is 71.6 Å². The van der Waals surface area contributed by atoms with Crippen molar-refractivity contribution >= 4 is 8.80 Å². The second-order valence-corrected chi connectivity index (χ2v) is 8.98. The Morgan fingerprint density at radius 2 is 1.22 bits per heavy atom. The van der Waals surface area contributed by atoms with Crippen LogP contribution in [0, 0.1) is 0 Å². The Hall–Kier alpha value is 0.0169. The van der Waals surface area contributed by atoms with Crippen molar-refractivity contribution < 1.29 is 22.8 Å². The van der Waals surface area contributed by atoms with Crippen LogP contribution in [0.15, 0.2) is 0 Å². The van der Waals surface area contributed by atoms with E-state index in [1.807, 2.05) is 6.92 Å². The third-order valence-electron chi connectivity index (χ3n) is 4.26. The highest BCUT2D eigenvalue weighted by atomic mass is 28.4. The van der Waals surface area contributed by atoms with Crippen molar-refractivity contribution in [1.82, 2.24) is 0 Å². The second-order valence-electron chi connectivity index (χ2n) is 5.91. The summed E-state index contributed by atoms with van der Waals surface area (Å²) < 4.78 is 27.9. The lowest BCUT2D eigenvalue weighted by Crippen LogP contribution is -2.56. The number of methoxy groups -OCH3 is 1. The molecule has 0 radical (unpaired) electrons. The minimum absolute atomic E-state index is 0.197. The molecule has 0 aliphatic rings. The molecule has 23 heavy (non-hydrogen) atoms. The summed E-state index contributed by atoms with van der Waals surface area (Å²) >= 11 is 0. The van der Waals surface area contributed by atoms with Crippen LogP contribution < -0.4 is 0 Å². The SMILES string of the molecule is CCCCCCCCCCC(OC(C)OC)[Si](OC)(OC)OC. The van der Waals surface area contributed by atoms with Crippen molar-refractivity contribution in [2.24, 2.45) is 0 Å². The molecule has 0 aromatic rings. The third-order valence-corrected chi connectivity index (χ3v) is 7.18. The molecular formula is C17H38O5Si. The lowest BCUT2D eigenvalue weighted by Gasteiger charge is -2.33. The zero-order valence-electron chi connectivity index (χ0n) is 16.1. The van der Waals surface area contributed by atoms with Crippen LogP contribution in [0.3, 0.4) is 0 Å². The maximum atomic E-state index is 5.96. The highest BCUT2D eigenvalue weighted by Gasteiger charge is 2.48. The first-order valence-electron chi connectivity index (χ1n) is 8.93. The Kier molecular flexibility index (Phi) is 14.4. The van der Waals surface area contributed by atoms with Gasteiger partial charge in [0.1, 0.15) is 5.73 Å². The molecule has 0 aliphatic carbocycles. The van der Waals surface area contributed by atoms with Crippen molar-refractivity contribution in [2.75, 3.05) is 28.4 Å². The van der Waals surface area contributed by atoms with E-state index in [-0.39, 0.29) is 12.0 Å². The molecule has 0 saturated heterocycles. The number of rotatable bonds is 16. The second kappa shape index (κ2) is 14.4. The normalized spacial score (nSPS) is 14.9. The molecule has 0 saturated carbocycles. The molecule has 0 amide bonds. The fourth-order valence-corrected chi connectivity index (χ4v) is 4.93. The summed E-state index contributed by atoms with van der Waals surface area (Å²) in [6, 6.07) is 0. The van der Waals surface area contributed by atoms with E-state index in [4.69, 9.17) is 22.8 Å². The van der Waals surface area contributed by atoms with Crippen LogP contribution in [0.25, 0.3) is 0 Å². The molecular weight excluding hydrogens is 312 g/mol. The lowest BCUT2D eigenvalue weighted by atomic mass is 10.1. The predicted molar refractivity (Wildman–Crippen MR) is 95.4 cm³/mol. The summed E-state index contributed by atoms with van der Waals surface area (Å²) in [4.78, 5) is 0. The summed E-state index contributed by atoms with van der Waals surface area (Å²) in [6.45, 7) is 4.12. The summed E-state index contributed by atoms with van der Waals surface area (Å²) in [7, 11) is 3.70. The van der Waals surface area contributed by atoms with Gasteiger partial charge < -0.3 is 22.8 Å². The first kappa shape index (κ1) is 23.0. The third kappa shape index (κ3) is 9.17. The highest BCUT2D eigenvalue weighted by molar-refractivity contribution is 6.62. The summed E-state index contributed by atoms with van der Waals surface area (Å²) in [5.74, 6) is 0. The van der Waals surface area contributed by atoms with Gasteiger partial charge in [0, 0.05) is 28.4 Å². The molecule has 0 aromatic heterocycles. The Morgan fingerprint density at radius 3 is 1.65 bits per heavy atom. The fraction of sp³-hybridized carbons (Fsp3) is 1.00. The average Bonchev–Trinajstić information content (AvgIpc) is 2.58. The van der Waals surface area contributed by atoms with Crippen LogP contribution >= 0.6 is 0 Å². The van der Waals surface area contributed by atoms with Gasteiger partial charge in [0.2, 0.25) is 0 Å². The molecule has 2 atom stereocenters. The van der Waals surface area contributed by atoms with Crippen LogP contribution in [0.5, 0.6) is 0 Å². The zero-order chi connectivity index (χ0) is 17.6. The lowest BCUT2D eigenvalue weighted by molar-refractivity contribution is -0.143. The summed E-state index contributed by atoms with van der Waals surface area (Å²) in [6.07, 6.45) is 10.8. The zero-order valence-corrected chi connectivity index (χ0v) is 17.1. The molecule has 5 nitrogen and oxygen atoms in total. The topological polar surface area (TPSA) is 46.2 Å². The van der Waals surface area contributed by atoms with Crippen LogP contribution in [-0.4, -0.2) is 49.3 Å². The monoisotopic (exact) mass is 350 g/mol. The van der Waals surface area contributed by atoms with Crippen LogP contribution in [-0.2, 0) is 22.8 Å². The average molecular weight is 351 g/mol. The minimum Gasteiger partial charge on any atom is -0.375 e. The van der Waals surface area contributed by atoms with E-state index in [9.17, 15) is 0 Å². The first-order chi connectivity index (χ1) is 11.1. The van der Waals surface area contributed by atoms with Crippen molar-refractivity contribution in [2.45, 2.75) is 83.7 Å². The van der Waals surface area contributed by atoms with Crippen LogP contribution in [0.2, 0.25) is 0 Å². The van der Waals surface area contributed by atoms with E-state index >= 15 is 0 Å². The molecule has 0 bridgehead atoms. The Morgan fingerprint density at radius 1 is 0.739 bits per heavy atom. The van der Waals surface area contributed by atoms with Gasteiger partial charge in [-0.1, -0.05) is 58.3 Å². The van der Waals surface area contributed by atoms with Gasteiger partial charge in [-0.3, -0.25) is 0 Å². The van der Waals surface area contributed by atoms with Gasteiger partial charge in [-0.05, 0) is 13.3 Å². The van der Waals surface area contributed by atoms with E-state index < -0.39 is 8.80 Å². The number of unbranched alkanes of at least 4 members (excludes halogenated alkanes) is 7. The maximum Gasteiger partial charge on any atom is 0.530 e. The standard InChI is InChI=1S/C17H38O5Si/c1-7-8-9-10-11-12-13-14-15-17(22-16(2)18-3)23(19-4,20-5)21-6/h16-17H,7-15H2,1-6H3. The smallest absolute Gasteiger partial charge is 0.375 e. The molecule has 0 N–H and O–H groups in total. The molecule has 2 unspecified atom stereocenters. The Balaban J connectivity index is 4.27. The Labute approximate surface area is 144 Å². The van der Waals surface area contributed by atoms with Gasteiger partial charge in [0.05, 0.1) is 0 Å². The highest BCUT2D eigenvalue weighted by Crippen LogP contribution is 2.23. The van der Waals surface area contributed by atoms with Gasteiger partial charge in [-0.2, -0.15) is 0 Å². The predicted octanol–water partition coefficient (Wildman–Crippen LogP) is 4.31. The van der Waals surface area contributed by atoms with Crippen molar-refractivity contribution in [3.8, 4) is 0 Å². The quantitative estimate of drug-likeness (QED) is 0.236. The molecule has 0 spiro atoms. The van der Waals surface area contributed by atoms with Gasteiger partial charge >= 0.3 is 8.80 Å². The van der Waals surface area contributed by atoms with Gasteiger partial charge in [0.25, 0.3) is 0 Å². The van der Waals surface area contributed by atoms with Crippen LogP contribution in [0.4, 0.5) is 0 Å². The van der Waals surface area contributed by atoms with E-state index in [1.54, 1.807) is 28.4 Å². The van der Waals surface area contributed by atoms with E-state index in [0.717, 1.165) is 12.8 Å². The molecule has 0 rings (SSSR count). The van der Waals surface area contributed by atoms with E-state index in [1.165, 1.54) is 44.9 Å². The molecule has 0 fully saturated rings. The van der Waals surface area contributed by atoms with Crippen molar-refractivity contribution in [3.05, 3.63) is 0 Å². The molecule has 0 aliphatic heterocycles. The van der Waals surface area contributed by atoms with Gasteiger partial charge in [-0.15, -0.1) is 0 Å². The number of hydrogen-bond acceptors (Lipinski definition) is 5. The first-order valence-corrected chi connectivity index (χ1v) is 10.7. The molecule has 0 aromatic carbocycles. The molecule has 6 heteroatoms. The number of ether oxygens (including phenoxy) is 2. The molecule has 140 valence electrons. The summed E-state index contributed by atoms with van der Waals surface area (Å²) in [5.41, 5.74) is -0.197. The Bertz CT molecular complexity index is 253. The van der Waals surface area contributed by atoms with Crippen molar-refractivity contribution in [3.63, 3.8) is 0 Å². The number of hydrogen-bond donors (Lipinski definition) is 0. The van der Waals surface area contributed by atoms with Gasteiger partial charge in [0.15, 0.2) is 6.29 Å². The maximum absolute atomic E-state index is 5.96. The molecule has 0 heterocycles. The van der Waals surface area contributed by atoms with Gasteiger partial charge in [-0.25, -0.2) is 0 Å². The van der Waals surface area contributed by atoms with E-state index in [0.29, 0.717) is 0 Å². The fourth-order valence-electron chi connectivity index (χ4n) is 2.72. The summed E-state index contributed by atoms with van der Waals surface area (Å²) in [5, 5.41) is 0. The minimum atomic E-state index is -2.81. The van der Waals surface area contributed by atoms with E-state index in [2.05, 4.69) is 6.92 Å².